The molecule has 0 aliphatic carbocycles. The minimum Gasteiger partial charge on any atom is -0.497 e. The van der Waals surface area contributed by atoms with Crippen molar-refractivity contribution in [1.29, 1.82) is 0 Å². The van der Waals surface area contributed by atoms with Crippen LogP contribution in [-0.2, 0) is 9.59 Å². The average molecular weight is 412 g/mol. The van der Waals surface area contributed by atoms with Crippen LogP contribution in [0.4, 0.5) is 10.5 Å². The van der Waals surface area contributed by atoms with Gasteiger partial charge in [-0.1, -0.05) is 12.1 Å². The average Bonchev–Trinajstić information content (AvgIpc) is 2.97. The number of benzene rings is 2. The van der Waals surface area contributed by atoms with Crippen LogP contribution in [0.15, 0.2) is 53.4 Å². The minimum atomic E-state index is -0.488. The van der Waals surface area contributed by atoms with Gasteiger partial charge < -0.3 is 14.8 Å². The molecule has 1 heterocycles. The number of ether oxygens (including phenoxy) is 2. The van der Waals surface area contributed by atoms with Crippen LogP contribution in [0, 0.1) is 0 Å². The van der Waals surface area contributed by atoms with Gasteiger partial charge in [-0.25, -0.2) is 0 Å². The lowest BCUT2D eigenvalue weighted by Gasteiger charge is -2.12. The van der Waals surface area contributed by atoms with Gasteiger partial charge in [0.05, 0.1) is 18.6 Å². The maximum atomic E-state index is 12.5. The summed E-state index contributed by atoms with van der Waals surface area (Å²) in [6.07, 6.45) is 1.62. The molecule has 0 bridgehead atoms. The Kier molecular flexibility index (Phi) is 6.56. The Morgan fingerprint density at radius 1 is 1.07 bits per heavy atom. The number of imide groups is 1. The van der Waals surface area contributed by atoms with Crippen LogP contribution < -0.4 is 14.8 Å². The number of rotatable bonds is 7. The Balaban J connectivity index is 1.63. The number of nitrogens with one attached hydrogen (secondary N) is 1. The van der Waals surface area contributed by atoms with Crippen molar-refractivity contribution in [2.24, 2.45) is 0 Å². The van der Waals surface area contributed by atoms with E-state index < -0.39 is 17.1 Å². The molecule has 3 rings (SSSR count). The topological polar surface area (TPSA) is 84.9 Å². The maximum absolute atomic E-state index is 12.5. The van der Waals surface area contributed by atoms with Gasteiger partial charge in [0.1, 0.15) is 18.0 Å². The number of anilines is 1. The van der Waals surface area contributed by atoms with Gasteiger partial charge in [0.25, 0.3) is 11.1 Å². The number of carbonyl (C=O) groups is 3. The third-order valence-corrected chi connectivity index (χ3v) is 4.95. The normalized spacial score (nSPS) is 15.0. The number of carbonyl (C=O) groups excluding carboxylic acids is 3. The smallest absolute Gasteiger partial charge is 0.294 e. The first-order chi connectivity index (χ1) is 14.0. The van der Waals surface area contributed by atoms with E-state index in [0.717, 1.165) is 22.2 Å². The quantitative estimate of drug-likeness (QED) is 0.697. The summed E-state index contributed by atoms with van der Waals surface area (Å²) in [5.74, 6) is 0.446. The van der Waals surface area contributed by atoms with E-state index in [1.54, 1.807) is 61.7 Å². The molecular weight excluding hydrogens is 392 g/mol. The van der Waals surface area contributed by atoms with Crippen molar-refractivity contribution in [2.75, 3.05) is 25.6 Å². The highest BCUT2D eigenvalue weighted by Gasteiger charge is 2.36. The summed E-state index contributed by atoms with van der Waals surface area (Å²) in [5, 5.41) is 2.20. The van der Waals surface area contributed by atoms with E-state index in [0.29, 0.717) is 23.8 Å². The van der Waals surface area contributed by atoms with Crippen molar-refractivity contribution < 1.29 is 23.9 Å². The second kappa shape index (κ2) is 9.29. The number of hydrogen-bond donors (Lipinski definition) is 1. The molecule has 1 aliphatic rings. The predicted octanol–water partition coefficient (Wildman–Crippen LogP) is 3.77. The molecule has 0 atom stereocenters. The molecule has 0 radical (unpaired) electrons. The zero-order chi connectivity index (χ0) is 20.8. The Morgan fingerprint density at radius 2 is 1.72 bits per heavy atom. The molecule has 1 fully saturated rings. The Bertz CT molecular complexity index is 939. The molecule has 150 valence electrons. The highest BCUT2D eigenvalue weighted by molar-refractivity contribution is 8.18. The molecule has 29 heavy (non-hydrogen) atoms. The van der Waals surface area contributed by atoms with E-state index in [-0.39, 0.29) is 11.4 Å². The fraction of sp³-hybridized carbons (Fsp3) is 0.190. The molecule has 0 aromatic heterocycles. The van der Waals surface area contributed by atoms with Gasteiger partial charge in [0.15, 0.2) is 0 Å². The zero-order valence-electron chi connectivity index (χ0n) is 16.0. The second-order valence-corrected chi connectivity index (χ2v) is 7.04. The van der Waals surface area contributed by atoms with Gasteiger partial charge in [-0.2, -0.15) is 0 Å². The molecule has 2 aromatic carbocycles. The number of hydrogen-bond acceptors (Lipinski definition) is 6. The van der Waals surface area contributed by atoms with Crippen LogP contribution in [0.5, 0.6) is 11.5 Å². The third kappa shape index (κ3) is 5.17. The first kappa shape index (κ1) is 20.5. The summed E-state index contributed by atoms with van der Waals surface area (Å²) in [4.78, 5) is 38.2. The molecule has 1 aliphatic heterocycles. The lowest BCUT2D eigenvalue weighted by Crippen LogP contribution is -2.36. The lowest BCUT2D eigenvalue weighted by molar-refractivity contribution is -0.127. The van der Waals surface area contributed by atoms with E-state index >= 15 is 0 Å². The van der Waals surface area contributed by atoms with Crippen molar-refractivity contribution >= 4 is 40.6 Å². The second-order valence-electron chi connectivity index (χ2n) is 6.05. The molecule has 2 aromatic rings. The molecule has 7 nitrogen and oxygen atoms in total. The molecular formula is C21H20N2O5S. The summed E-state index contributed by atoms with van der Waals surface area (Å²) in [6.45, 7) is 2.09. The van der Waals surface area contributed by atoms with Crippen LogP contribution in [-0.4, -0.2) is 42.2 Å². The standard InChI is InChI=1S/C21H20N2O5S/c1-3-28-17-10-6-15(7-11-17)22-19(24)13-23-20(25)18(29-21(23)26)12-14-4-8-16(27-2)9-5-14/h4-12H,3,13H2,1-2H3,(H,22,24)/b18-12-. The summed E-state index contributed by atoms with van der Waals surface area (Å²) in [6, 6.07) is 14.0. The third-order valence-electron chi connectivity index (χ3n) is 4.04. The molecule has 8 heteroatoms. The fourth-order valence-corrected chi connectivity index (χ4v) is 3.47. The van der Waals surface area contributed by atoms with Gasteiger partial charge in [-0.05, 0) is 66.7 Å². The Hall–Kier alpha value is -3.26. The highest BCUT2D eigenvalue weighted by atomic mass is 32.2. The molecule has 0 unspecified atom stereocenters. The van der Waals surface area contributed by atoms with Gasteiger partial charge >= 0.3 is 0 Å². The number of amides is 3. The monoisotopic (exact) mass is 412 g/mol. The summed E-state index contributed by atoms with van der Waals surface area (Å²) >= 11 is 0.813. The Labute approximate surface area is 172 Å². The fourth-order valence-electron chi connectivity index (χ4n) is 2.63. The zero-order valence-corrected chi connectivity index (χ0v) is 16.8. The van der Waals surface area contributed by atoms with E-state index in [2.05, 4.69) is 5.32 Å². The largest absolute Gasteiger partial charge is 0.497 e. The molecule has 1 N–H and O–H groups in total. The van der Waals surface area contributed by atoms with Gasteiger partial charge in [-0.15, -0.1) is 0 Å². The highest BCUT2D eigenvalue weighted by Crippen LogP contribution is 2.32. The summed E-state index contributed by atoms with van der Waals surface area (Å²) in [5.41, 5.74) is 1.31. The number of nitrogens with zero attached hydrogens (tertiary/aromatic N) is 1. The van der Waals surface area contributed by atoms with Crippen molar-refractivity contribution in [1.82, 2.24) is 4.90 Å². The Morgan fingerprint density at radius 3 is 2.34 bits per heavy atom. The SMILES string of the molecule is CCOc1ccc(NC(=O)CN2C(=O)S/C(=C\c3ccc(OC)cc3)C2=O)cc1. The van der Waals surface area contributed by atoms with Crippen molar-refractivity contribution in [3.05, 3.63) is 59.0 Å². The van der Waals surface area contributed by atoms with E-state index in [4.69, 9.17) is 9.47 Å². The van der Waals surface area contributed by atoms with Crippen molar-refractivity contribution in [3.8, 4) is 11.5 Å². The molecule has 1 saturated heterocycles. The lowest BCUT2D eigenvalue weighted by atomic mass is 10.2. The number of methoxy groups -OCH3 is 1. The van der Waals surface area contributed by atoms with E-state index in [9.17, 15) is 14.4 Å². The first-order valence-corrected chi connectivity index (χ1v) is 9.74. The minimum absolute atomic E-state index is 0.272. The predicted molar refractivity (Wildman–Crippen MR) is 112 cm³/mol. The van der Waals surface area contributed by atoms with Crippen LogP contribution in [0.1, 0.15) is 12.5 Å². The molecule has 0 saturated carbocycles. The van der Waals surface area contributed by atoms with Gasteiger partial charge in [0, 0.05) is 5.69 Å². The van der Waals surface area contributed by atoms with Crippen LogP contribution >= 0.6 is 11.8 Å². The maximum Gasteiger partial charge on any atom is 0.294 e. The van der Waals surface area contributed by atoms with Crippen LogP contribution in [0.2, 0.25) is 0 Å². The molecule has 0 spiro atoms. The summed E-state index contributed by atoms with van der Waals surface area (Å²) < 4.78 is 10.4. The molecule has 3 amide bonds. The first-order valence-electron chi connectivity index (χ1n) is 8.92. The number of thioether (sulfide) groups is 1. The van der Waals surface area contributed by atoms with Crippen molar-refractivity contribution in [2.45, 2.75) is 6.92 Å². The van der Waals surface area contributed by atoms with Gasteiger partial charge in [-0.3, -0.25) is 19.3 Å². The van der Waals surface area contributed by atoms with Gasteiger partial charge in [0.2, 0.25) is 5.91 Å². The van der Waals surface area contributed by atoms with Crippen LogP contribution in [0.25, 0.3) is 6.08 Å². The van der Waals surface area contributed by atoms with E-state index in [1.165, 1.54) is 0 Å². The van der Waals surface area contributed by atoms with Crippen molar-refractivity contribution in [3.63, 3.8) is 0 Å². The summed E-state index contributed by atoms with van der Waals surface area (Å²) in [7, 11) is 1.57. The van der Waals surface area contributed by atoms with E-state index in [1.807, 2.05) is 6.92 Å². The van der Waals surface area contributed by atoms with Crippen LogP contribution in [0.3, 0.4) is 0 Å².